The Hall–Kier alpha value is -1.06. The summed E-state index contributed by atoms with van der Waals surface area (Å²) < 4.78 is 0. The molecule has 1 fully saturated rings. The zero-order valence-electron chi connectivity index (χ0n) is 7.93. The molecule has 4 heteroatoms. The van der Waals surface area contributed by atoms with Gasteiger partial charge in [0.15, 0.2) is 0 Å². The van der Waals surface area contributed by atoms with E-state index >= 15 is 0 Å². The van der Waals surface area contributed by atoms with Gasteiger partial charge in [-0.3, -0.25) is 9.59 Å². The number of carbonyl (C=O) groups excluding carboxylic acids is 2. The van der Waals surface area contributed by atoms with Gasteiger partial charge >= 0.3 is 0 Å². The first kappa shape index (κ1) is 10.0. The minimum absolute atomic E-state index is 0.0236. The number of amides is 2. The second-order valence-corrected chi connectivity index (χ2v) is 3.29. The zero-order valence-corrected chi connectivity index (χ0v) is 7.93. The van der Waals surface area contributed by atoms with Crippen LogP contribution in [0.5, 0.6) is 0 Å². The Morgan fingerprint density at radius 1 is 1.69 bits per heavy atom. The summed E-state index contributed by atoms with van der Waals surface area (Å²) in [7, 11) is 0. The average Bonchev–Trinajstić information content (AvgIpc) is 2.09. The van der Waals surface area contributed by atoms with E-state index < -0.39 is 0 Å². The zero-order chi connectivity index (χ0) is 9.68. The summed E-state index contributed by atoms with van der Waals surface area (Å²) in [6.45, 7) is 3.26. The van der Waals surface area contributed by atoms with Crippen molar-refractivity contribution >= 4 is 11.8 Å². The molecule has 1 aliphatic rings. The molecule has 1 heterocycles. The average molecular weight is 184 g/mol. The van der Waals surface area contributed by atoms with Crippen molar-refractivity contribution in [1.82, 2.24) is 10.6 Å². The molecule has 2 N–H and O–H groups in total. The summed E-state index contributed by atoms with van der Waals surface area (Å²) in [4.78, 5) is 22.4. The van der Waals surface area contributed by atoms with Crippen LogP contribution in [0.15, 0.2) is 0 Å². The lowest BCUT2D eigenvalue weighted by Crippen LogP contribution is -2.39. The van der Waals surface area contributed by atoms with E-state index in [1.54, 1.807) is 0 Å². The molecule has 2 amide bonds. The highest BCUT2D eigenvalue weighted by Gasteiger charge is 2.23. The monoisotopic (exact) mass is 184 g/mol. The molecule has 1 rings (SSSR count). The number of hydrogen-bond acceptors (Lipinski definition) is 2. The van der Waals surface area contributed by atoms with Crippen LogP contribution in [-0.4, -0.2) is 24.9 Å². The highest BCUT2D eigenvalue weighted by molar-refractivity contribution is 5.86. The van der Waals surface area contributed by atoms with Crippen molar-refractivity contribution < 1.29 is 9.59 Å². The molecule has 74 valence electrons. The van der Waals surface area contributed by atoms with Gasteiger partial charge in [-0.1, -0.05) is 0 Å². The number of nitrogens with one attached hydrogen (secondary N) is 2. The van der Waals surface area contributed by atoms with Gasteiger partial charge in [-0.2, -0.15) is 0 Å². The predicted octanol–water partition coefficient (Wildman–Crippen LogP) is 0.0388. The van der Waals surface area contributed by atoms with Gasteiger partial charge in [0.25, 0.3) is 0 Å². The highest BCUT2D eigenvalue weighted by Crippen LogP contribution is 2.14. The third kappa shape index (κ3) is 3.05. The van der Waals surface area contributed by atoms with Gasteiger partial charge in [0, 0.05) is 25.4 Å². The molecule has 0 spiro atoms. The molecular weight excluding hydrogens is 168 g/mol. The van der Waals surface area contributed by atoms with Crippen molar-refractivity contribution in [3.63, 3.8) is 0 Å². The van der Waals surface area contributed by atoms with E-state index in [2.05, 4.69) is 10.6 Å². The van der Waals surface area contributed by atoms with Crippen LogP contribution in [0.25, 0.3) is 0 Å². The second kappa shape index (κ2) is 4.84. The Kier molecular flexibility index (Phi) is 3.73. The molecule has 1 saturated heterocycles. The van der Waals surface area contributed by atoms with Gasteiger partial charge in [-0.25, -0.2) is 0 Å². The Morgan fingerprint density at radius 2 is 2.46 bits per heavy atom. The van der Waals surface area contributed by atoms with Crippen molar-refractivity contribution in [3.05, 3.63) is 0 Å². The summed E-state index contributed by atoms with van der Waals surface area (Å²) in [5, 5.41) is 5.46. The van der Waals surface area contributed by atoms with Crippen LogP contribution in [0.3, 0.4) is 0 Å². The minimum Gasteiger partial charge on any atom is -0.356 e. The van der Waals surface area contributed by atoms with Gasteiger partial charge in [0.05, 0.1) is 0 Å². The molecule has 1 aliphatic heterocycles. The third-order valence-electron chi connectivity index (χ3n) is 2.21. The van der Waals surface area contributed by atoms with Crippen LogP contribution in [0.1, 0.15) is 26.2 Å². The van der Waals surface area contributed by atoms with Crippen LogP contribution < -0.4 is 10.6 Å². The predicted molar refractivity (Wildman–Crippen MR) is 49.0 cm³/mol. The number of piperidine rings is 1. The van der Waals surface area contributed by atoms with Crippen molar-refractivity contribution in [2.45, 2.75) is 26.2 Å². The Balaban J connectivity index is 2.33. The quantitative estimate of drug-likeness (QED) is 0.650. The smallest absolute Gasteiger partial charge is 0.223 e. The molecule has 0 aromatic heterocycles. The van der Waals surface area contributed by atoms with E-state index in [0.29, 0.717) is 13.0 Å². The number of carbonyl (C=O) groups is 2. The molecule has 1 atom stereocenters. The molecule has 13 heavy (non-hydrogen) atoms. The lowest BCUT2D eigenvalue weighted by Gasteiger charge is -2.20. The molecule has 0 aliphatic carbocycles. The maximum Gasteiger partial charge on any atom is 0.223 e. The lowest BCUT2D eigenvalue weighted by molar-refractivity contribution is -0.131. The largest absolute Gasteiger partial charge is 0.356 e. The minimum atomic E-state index is -0.111. The molecule has 0 aromatic carbocycles. The normalized spacial score (nSPS) is 22.2. The van der Waals surface area contributed by atoms with E-state index in [0.717, 1.165) is 19.4 Å². The fraction of sp³-hybridized carbons (Fsp3) is 0.778. The Morgan fingerprint density at radius 3 is 3.08 bits per heavy atom. The van der Waals surface area contributed by atoms with Gasteiger partial charge in [-0.05, 0) is 19.8 Å². The molecule has 4 nitrogen and oxygen atoms in total. The molecule has 0 bridgehead atoms. The van der Waals surface area contributed by atoms with Gasteiger partial charge < -0.3 is 10.6 Å². The second-order valence-electron chi connectivity index (χ2n) is 3.29. The van der Waals surface area contributed by atoms with Crippen LogP contribution >= 0.6 is 0 Å². The maximum atomic E-state index is 11.2. The SMILES string of the molecule is CCNC(=O)CC1CCCNC1=O. The van der Waals surface area contributed by atoms with Crippen molar-refractivity contribution in [2.24, 2.45) is 5.92 Å². The molecular formula is C9H16N2O2. The fourth-order valence-electron chi connectivity index (χ4n) is 1.52. The van der Waals surface area contributed by atoms with Crippen LogP contribution in [0.2, 0.25) is 0 Å². The van der Waals surface area contributed by atoms with Gasteiger partial charge in [-0.15, -0.1) is 0 Å². The van der Waals surface area contributed by atoms with Crippen LogP contribution in [-0.2, 0) is 9.59 Å². The van der Waals surface area contributed by atoms with Crippen molar-refractivity contribution in [3.8, 4) is 0 Å². The topological polar surface area (TPSA) is 58.2 Å². The first-order valence-corrected chi connectivity index (χ1v) is 4.78. The Bertz CT molecular complexity index is 204. The highest BCUT2D eigenvalue weighted by atomic mass is 16.2. The van der Waals surface area contributed by atoms with Crippen LogP contribution in [0, 0.1) is 5.92 Å². The summed E-state index contributed by atoms with van der Waals surface area (Å²) in [6.07, 6.45) is 2.15. The summed E-state index contributed by atoms with van der Waals surface area (Å²) in [5.41, 5.74) is 0. The Labute approximate surface area is 78.1 Å². The van der Waals surface area contributed by atoms with E-state index in [1.807, 2.05) is 6.92 Å². The van der Waals surface area contributed by atoms with E-state index in [4.69, 9.17) is 0 Å². The van der Waals surface area contributed by atoms with E-state index in [1.165, 1.54) is 0 Å². The van der Waals surface area contributed by atoms with E-state index in [-0.39, 0.29) is 17.7 Å². The lowest BCUT2D eigenvalue weighted by atomic mass is 9.95. The number of hydrogen-bond donors (Lipinski definition) is 2. The van der Waals surface area contributed by atoms with Crippen molar-refractivity contribution in [2.75, 3.05) is 13.1 Å². The molecule has 0 saturated carbocycles. The van der Waals surface area contributed by atoms with Crippen LogP contribution in [0.4, 0.5) is 0 Å². The molecule has 1 unspecified atom stereocenters. The van der Waals surface area contributed by atoms with Gasteiger partial charge in [0.2, 0.25) is 11.8 Å². The third-order valence-corrected chi connectivity index (χ3v) is 2.21. The summed E-state index contributed by atoms with van der Waals surface area (Å²) >= 11 is 0. The standard InChI is InChI=1S/C9H16N2O2/c1-2-10-8(12)6-7-4-3-5-11-9(7)13/h7H,2-6H2,1H3,(H,10,12)(H,11,13). The van der Waals surface area contributed by atoms with E-state index in [9.17, 15) is 9.59 Å². The van der Waals surface area contributed by atoms with Crippen molar-refractivity contribution in [1.29, 1.82) is 0 Å². The first-order valence-electron chi connectivity index (χ1n) is 4.78. The fourth-order valence-corrected chi connectivity index (χ4v) is 1.52. The first-order chi connectivity index (χ1) is 6.24. The number of rotatable bonds is 3. The molecule has 0 radical (unpaired) electrons. The van der Waals surface area contributed by atoms with Gasteiger partial charge in [0.1, 0.15) is 0 Å². The summed E-state index contributed by atoms with van der Waals surface area (Å²) in [6, 6.07) is 0. The summed E-state index contributed by atoms with van der Waals surface area (Å²) in [5.74, 6) is -0.109. The molecule has 0 aromatic rings. The maximum absolute atomic E-state index is 11.2.